The number of aromatic nitrogens is 2. The molecule has 1 amide bonds. The zero-order valence-corrected chi connectivity index (χ0v) is 15.3. The number of likely N-dealkylation sites (tertiary alicyclic amines) is 1. The third kappa shape index (κ3) is 3.89. The summed E-state index contributed by atoms with van der Waals surface area (Å²) in [4.78, 5) is 21.8. The summed E-state index contributed by atoms with van der Waals surface area (Å²) in [6.45, 7) is 4.56. The lowest BCUT2D eigenvalue weighted by molar-refractivity contribution is -0.126. The molecule has 1 atom stereocenters. The van der Waals surface area contributed by atoms with Crippen molar-refractivity contribution in [2.24, 2.45) is 0 Å². The Hall–Kier alpha value is -2.79. The first-order valence-corrected chi connectivity index (χ1v) is 9.50. The molecule has 1 fully saturated rings. The third-order valence-corrected chi connectivity index (χ3v) is 5.05. The fourth-order valence-electron chi connectivity index (χ4n) is 2.78. The number of nitrogens with one attached hydrogen (secondary N) is 2. The van der Waals surface area contributed by atoms with Crippen LogP contribution in [0.5, 0.6) is 0 Å². The van der Waals surface area contributed by atoms with E-state index in [0.29, 0.717) is 33.1 Å². The second-order valence-electron chi connectivity index (χ2n) is 5.89. The van der Waals surface area contributed by atoms with Crippen molar-refractivity contribution >= 4 is 32.0 Å². The quantitative estimate of drug-likeness (QED) is 0.395. The smallest absolute Gasteiger partial charge is 0.227 e. The molecule has 1 aromatic carbocycles. The third-order valence-electron chi connectivity index (χ3n) is 4.17. The maximum atomic E-state index is 11.8. The SMILES string of the molecule is C=C1CCC(=O)N1CCPNc1ncnc(N)c1C(=N)c1ccccc1. The van der Waals surface area contributed by atoms with E-state index in [1.165, 1.54) is 6.33 Å². The summed E-state index contributed by atoms with van der Waals surface area (Å²) in [5.74, 6) is 0.943. The Morgan fingerprint density at radius 2 is 2.08 bits per heavy atom. The number of carbonyl (C=O) groups excluding carboxylic acids is 1. The van der Waals surface area contributed by atoms with E-state index in [9.17, 15) is 4.79 Å². The molecule has 8 heteroatoms. The van der Waals surface area contributed by atoms with Gasteiger partial charge in [0.15, 0.2) is 0 Å². The standard InChI is InChI=1S/C18H21N6OP/c1-12-7-8-14(25)24(12)9-10-26-23-18-15(17(20)21-11-22-18)16(19)13-5-3-2-4-6-13/h2-6,11,19,26H,1,7-10H2,(H3,20,21,22,23). The highest BCUT2D eigenvalue weighted by molar-refractivity contribution is 7.39. The molecule has 0 aliphatic carbocycles. The summed E-state index contributed by atoms with van der Waals surface area (Å²) >= 11 is 0. The fraction of sp³-hybridized carbons (Fsp3) is 0.222. The number of carbonyl (C=O) groups is 1. The van der Waals surface area contributed by atoms with Gasteiger partial charge in [-0.25, -0.2) is 9.97 Å². The number of nitrogens with two attached hydrogens (primary N) is 1. The zero-order valence-electron chi connectivity index (χ0n) is 14.3. The second-order valence-corrected chi connectivity index (χ2v) is 6.99. The molecule has 2 aromatic rings. The number of anilines is 2. The van der Waals surface area contributed by atoms with Gasteiger partial charge in [0.2, 0.25) is 5.91 Å². The minimum Gasteiger partial charge on any atom is -0.383 e. The van der Waals surface area contributed by atoms with Crippen LogP contribution in [0.15, 0.2) is 48.9 Å². The number of nitrogens with zero attached hydrogens (tertiary/aromatic N) is 3. The highest BCUT2D eigenvalue weighted by Gasteiger charge is 2.23. The first-order valence-electron chi connectivity index (χ1n) is 8.29. The van der Waals surface area contributed by atoms with Gasteiger partial charge < -0.3 is 15.7 Å². The van der Waals surface area contributed by atoms with Crippen LogP contribution in [0.4, 0.5) is 11.6 Å². The van der Waals surface area contributed by atoms with E-state index >= 15 is 0 Å². The number of allylic oxidation sites excluding steroid dienone is 1. The molecular weight excluding hydrogens is 347 g/mol. The van der Waals surface area contributed by atoms with Crippen LogP contribution in [0.1, 0.15) is 24.0 Å². The molecule has 1 saturated heterocycles. The number of amides is 1. The number of benzene rings is 1. The molecule has 0 radical (unpaired) electrons. The topological polar surface area (TPSA) is 108 Å². The number of nitrogen functional groups attached to an aromatic ring is 1. The molecule has 26 heavy (non-hydrogen) atoms. The molecule has 7 nitrogen and oxygen atoms in total. The van der Waals surface area contributed by atoms with Crippen LogP contribution in [0.2, 0.25) is 0 Å². The predicted molar refractivity (Wildman–Crippen MR) is 106 cm³/mol. The molecule has 1 aliphatic rings. The van der Waals surface area contributed by atoms with Crippen molar-refractivity contribution < 1.29 is 4.79 Å². The molecule has 0 spiro atoms. The monoisotopic (exact) mass is 368 g/mol. The first kappa shape index (κ1) is 18.0. The van der Waals surface area contributed by atoms with Gasteiger partial charge in [-0.05, 0) is 15.2 Å². The summed E-state index contributed by atoms with van der Waals surface area (Å²) < 4.78 is 0. The van der Waals surface area contributed by atoms with Crippen molar-refractivity contribution in [3.8, 4) is 0 Å². The highest BCUT2D eigenvalue weighted by Crippen LogP contribution is 2.26. The Labute approximate surface area is 154 Å². The van der Waals surface area contributed by atoms with Crippen molar-refractivity contribution in [1.29, 1.82) is 5.41 Å². The molecule has 0 bridgehead atoms. The van der Waals surface area contributed by atoms with Crippen LogP contribution in [-0.4, -0.2) is 39.2 Å². The Bertz CT molecular complexity index is 823. The van der Waals surface area contributed by atoms with E-state index < -0.39 is 0 Å². The maximum Gasteiger partial charge on any atom is 0.227 e. The van der Waals surface area contributed by atoms with Crippen LogP contribution in [0.3, 0.4) is 0 Å². The lowest BCUT2D eigenvalue weighted by atomic mass is 10.0. The lowest BCUT2D eigenvalue weighted by Gasteiger charge is -2.18. The van der Waals surface area contributed by atoms with Gasteiger partial charge in [0, 0.05) is 30.4 Å². The summed E-state index contributed by atoms with van der Waals surface area (Å²) in [5.41, 5.74) is 8.41. The van der Waals surface area contributed by atoms with E-state index in [1.54, 1.807) is 4.90 Å². The summed E-state index contributed by atoms with van der Waals surface area (Å²) in [6.07, 6.45) is 3.45. The van der Waals surface area contributed by atoms with E-state index in [2.05, 4.69) is 21.6 Å². The van der Waals surface area contributed by atoms with Gasteiger partial charge in [0.05, 0.1) is 11.3 Å². The van der Waals surface area contributed by atoms with E-state index in [-0.39, 0.29) is 17.4 Å². The fourth-order valence-corrected chi connectivity index (χ4v) is 3.60. The van der Waals surface area contributed by atoms with Gasteiger partial charge in [-0.2, -0.15) is 0 Å². The summed E-state index contributed by atoms with van der Waals surface area (Å²) in [6, 6.07) is 9.35. The molecule has 3 rings (SSSR count). The van der Waals surface area contributed by atoms with Crippen LogP contribution in [-0.2, 0) is 4.79 Å². The largest absolute Gasteiger partial charge is 0.383 e. The minimum absolute atomic E-state index is 0.137. The molecule has 1 unspecified atom stereocenters. The van der Waals surface area contributed by atoms with Crippen molar-refractivity contribution in [2.75, 3.05) is 23.5 Å². The van der Waals surface area contributed by atoms with Crippen molar-refractivity contribution in [3.63, 3.8) is 0 Å². The van der Waals surface area contributed by atoms with Crippen molar-refractivity contribution in [2.45, 2.75) is 12.8 Å². The minimum atomic E-state index is 0.137. The van der Waals surface area contributed by atoms with Gasteiger partial charge in [-0.1, -0.05) is 36.9 Å². The number of rotatable bonds is 7. The van der Waals surface area contributed by atoms with Gasteiger partial charge in [-0.15, -0.1) is 0 Å². The maximum absolute atomic E-state index is 11.8. The first-order chi connectivity index (χ1) is 12.6. The van der Waals surface area contributed by atoms with Crippen LogP contribution in [0.25, 0.3) is 0 Å². The van der Waals surface area contributed by atoms with Crippen LogP contribution in [0, 0.1) is 5.41 Å². The summed E-state index contributed by atoms with van der Waals surface area (Å²) in [5, 5.41) is 11.7. The van der Waals surface area contributed by atoms with Gasteiger partial charge in [-0.3, -0.25) is 10.2 Å². The molecule has 1 aliphatic heterocycles. The molecule has 134 valence electrons. The molecule has 0 saturated carbocycles. The Kier molecular flexibility index (Phi) is 5.58. The average Bonchev–Trinajstić information content (AvgIpc) is 2.97. The van der Waals surface area contributed by atoms with Crippen LogP contribution < -0.4 is 10.8 Å². The molecule has 4 N–H and O–H groups in total. The Balaban J connectivity index is 1.67. The zero-order chi connectivity index (χ0) is 18.5. The van der Waals surface area contributed by atoms with Crippen molar-refractivity contribution in [3.05, 3.63) is 60.1 Å². The predicted octanol–water partition coefficient (Wildman–Crippen LogP) is 2.62. The van der Waals surface area contributed by atoms with Gasteiger partial charge in [0.1, 0.15) is 18.0 Å². The van der Waals surface area contributed by atoms with Crippen LogP contribution >= 0.6 is 8.73 Å². The molecular formula is C18H21N6OP. The molecule has 1 aromatic heterocycles. The average molecular weight is 368 g/mol. The lowest BCUT2D eigenvalue weighted by Crippen LogP contribution is -2.25. The van der Waals surface area contributed by atoms with E-state index in [1.807, 2.05) is 30.3 Å². The second kappa shape index (κ2) is 8.06. The molecule has 2 heterocycles. The van der Waals surface area contributed by atoms with Gasteiger partial charge >= 0.3 is 0 Å². The summed E-state index contributed by atoms with van der Waals surface area (Å²) in [7, 11) is 0.331. The van der Waals surface area contributed by atoms with E-state index in [4.69, 9.17) is 11.1 Å². The highest BCUT2D eigenvalue weighted by atomic mass is 31.1. The van der Waals surface area contributed by atoms with Gasteiger partial charge in [0.25, 0.3) is 0 Å². The Morgan fingerprint density at radius 3 is 2.77 bits per heavy atom. The number of hydrogen-bond donors (Lipinski definition) is 3. The Morgan fingerprint density at radius 1 is 1.31 bits per heavy atom. The normalized spacial score (nSPS) is 14.4. The van der Waals surface area contributed by atoms with Crippen molar-refractivity contribution in [1.82, 2.24) is 14.9 Å². The number of hydrogen-bond acceptors (Lipinski definition) is 6. The van der Waals surface area contributed by atoms with E-state index in [0.717, 1.165) is 23.8 Å².